The maximum Gasteiger partial charge on any atom is 0.183 e. The summed E-state index contributed by atoms with van der Waals surface area (Å²) < 4.78 is 13.5. The van der Waals surface area contributed by atoms with Gasteiger partial charge in [-0.25, -0.2) is 4.98 Å². The first-order valence-corrected chi connectivity index (χ1v) is 8.43. The highest BCUT2D eigenvalue weighted by molar-refractivity contribution is 9.10. The van der Waals surface area contributed by atoms with Crippen LogP contribution >= 0.6 is 27.3 Å². The lowest BCUT2D eigenvalue weighted by Crippen LogP contribution is -2.11. The van der Waals surface area contributed by atoms with E-state index in [0.29, 0.717) is 18.1 Å². The Labute approximate surface area is 115 Å². The maximum absolute atomic E-state index is 11.3. The highest BCUT2D eigenvalue weighted by atomic mass is 79.9. The molecule has 1 atom stereocenters. The maximum atomic E-state index is 11.3. The Bertz CT molecular complexity index is 541. The van der Waals surface area contributed by atoms with Gasteiger partial charge in [-0.3, -0.25) is 4.21 Å². The van der Waals surface area contributed by atoms with Gasteiger partial charge in [-0.2, -0.15) is 0 Å². The molecule has 1 aromatic heterocycles. The molecule has 0 radical (unpaired) electrons. The first-order valence-electron chi connectivity index (χ1n) is 5.34. The lowest BCUT2D eigenvalue weighted by atomic mass is 10.3. The van der Waals surface area contributed by atoms with Crippen LogP contribution in [0.5, 0.6) is 0 Å². The summed E-state index contributed by atoms with van der Waals surface area (Å²) in [4.78, 5) is 4.46. The first kappa shape index (κ1) is 13.0. The number of anilines is 1. The third-order valence-corrected chi connectivity index (χ3v) is 5.05. The summed E-state index contributed by atoms with van der Waals surface area (Å²) in [5, 5.41) is 4.11. The zero-order chi connectivity index (χ0) is 12.3. The molecule has 2 rings (SSSR count). The van der Waals surface area contributed by atoms with Crippen LogP contribution in [-0.4, -0.2) is 27.2 Å². The SMILES string of the molecule is CCS(=O)CCNc1nc2ccc(Br)cc2s1. The molecule has 0 bridgehead atoms. The highest BCUT2D eigenvalue weighted by Gasteiger charge is 2.04. The molecule has 0 aliphatic carbocycles. The fourth-order valence-corrected chi connectivity index (χ4v) is 3.45. The number of hydrogen-bond acceptors (Lipinski definition) is 4. The van der Waals surface area contributed by atoms with E-state index in [-0.39, 0.29) is 0 Å². The molecule has 0 saturated heterocycles. The second-order valence-corrected chi connectivity index (χ2v) is 7.30. The third-order valence-electron chi connectivity index (χ3n) is 2.28. The van der Waals surface area contributed by atoms with Crippen LogP contribution in [0.3, 0.4) is 0 Å². The largest absolute Gasteiger partial charge is 0.361 e. The summed E-state index contributed by atoms with van der Waals surface area (Å²) in [5.41, 5.74) is 0.998. The molecular formula is C11H13BrN2OS2. The Kier molecular flexibility index (Phi) is 4.53. The molecule has 0 fully saturated rings. The summed E-state index contributed by atoms with van der Waals surface area (Å²) in [5.74, 6) is 1.39. The fourth-order valence-electron chi connectivity index (χ4n) is 1.39. The van der Waals surface area contributed by atoms with E-state index in [1.165, 1.54) is 0 Å². The average Bonchev–Trinajstić information content (AvgIpc) is 2.70. The number of thiazole rings is 1. The summed E-state index contributed by atoms with van der Waals surface area (Å²) >= 11 is 5.06. The lowest BCUT2D eigenvalue weighted by Gasteiger charge is -2.00. The van der Waals surface area contributed by atoms with Gasteiger partial charge in [0.05, 0.1) is 10.2 Å². The Morgan fingerprint density at radius 1 is 1.53 bits per heavy atom. The molecule has 0 saturated carbocycles. The van der Waals surface area contributed by atoms with Crippen molar-refractivity contribution in [3.05, 3.63) is 22.7 Å². The Morgan fingerprint density at radius 3 is 3.12 bits per heavy atom. The van der Waals surface area contributed by atoms with Crippen molar-refractivity contribution in [2.24, 2.45) is 0 Å². The molecule has 0 spiro atoms. The number of halogens is 1. The van der Waals surface area contributed by atoms with Gasteiger partial charge in [-0.05, 0) is 18.2 Å². The van der Waals surface area contributed by atoms with Gasteiger partial charge in [0.25, 0.3) is 0 Å². The van der Waals surface area contributed by atoms with Gasteiger partial charge in [0.15, 0.2) is 5.13 Å². The molecule has 3 nitrogen and oxygen atoms in total. The van der Waals surface area contributed by atoms with Gasteiger partial charge in [0, 0.05) is 33.3 Å². The van der Waals surface area contributed by atoms with E-state index in [4.69, 9.17) is 0 Å². The van der Waals surface area contributed by atoms with Crippen molar-refractivity contribution < 1.29 is 4.21 Å². The van der Waals surface area contributed by atoms with Crippen molar-refractivity contribution in [3.8, 4) is 0 Å². The minimum Gasteiger partial charge on any atom is -0.361 e. The Balaban J connectivity index is 2.02. The highest BCUT2D eigenvalue weighted by Crippen LogP contribution is 2.28. The predicted octanol–water partition coefficient (Wildman–Crippen LogP) is 3.24. The Hall–Kier alpha value is -0.460. The van der Waals surface area contributed by atoms with E-state index in [9.17, 15) is 4.21 Å². The number of benzene rings is 1. The van der Waals surface area contributed by atoms with Crippen LogP contribution in [0.1, 0.15) is 6.92 Å². The zero-order valence-electron chi connectivity index (χ0n) is 9.40. The molecule has 1 unspecified atom stereocenters. The molecule has 1 aromatic carbocycles. The molecule has 0 aliphatic rings. The number of aromatic nitrogens is 1. The molecule has 1 heterocycles. The van der Waals surface area contributed by atoms with Crippen molar-refractivity contribution in [1.82, 2.24) is 4.98 Å². The normalized spacial score (nSPS) is 12.8. The standard InChI is InChI=1S/C11H13BrN2OS2/c1-2-17(15)6-5-13-11-14-9-4-3-8(12)7-10(9)16-11/h3-4,7H,2,5-6H2,1H3,(H,13,14). The topological polar surface area (TPSA) is 42.0 Å². The minimum absolute atomic E-state index is 0.677. The smallest absolute Gasteiger partial charge is 0.183 e. The van der Waals surface area contributed by atoms with Gasteiger partial charge in [-0.15, -0.1) is 0 Å². The van der Waals surface area contributed by atoms with Crippen LogP contribution in [0.15, 0.2) is 22.7 Å². The Morgan fingerprint density at radius 2 is 2.35 bits per heavy atom. The first-order chi connectivity index (χ1) is 8.19. The van der Waals surface area contributed by atoms with Crippen LogP contribution < -0.4 is 5.32 Å². The second kappa shape index (κ2) is 5.93. The van der Waals surface area contributed by atoms with Gasteiger partial charge in [0.2, 0.25) is 0 Å². The number of nitrogens with one attached hydrogen (secondary N) is 1. The van der Waals surface area contributed by atoms with Crippen molar-refractivity contribution in [1.29, 1.82) is 0 Å². The van der Waals surface area contributed by atoms with Crippen molar-refractivity contribution in [2.45, 2.75) is 6.92 Å². The van der Waals surface area contributed by atoms with E-state index >= 15 is 0 Å². The number of hydrogen-bond donors (Lipinski definition) is 1. The molecule has 92 valence electrons. The summed E-state index contributed by atoms with van der Waals surface area (Å²) in [6.45, 7) is 2.65. The molecule has 1 N–H and O–H groups in total. The second-order valence-electron chi connectivity index (χ2n) is 3.49. The van der Waals surface area contributed by atoms with Crippen LogP contribution in [0.4, 0.5) is 5.13 Å². The number of nitrogens with zero attached hydrogens (tertiary/aromatic N) is 1. The van der Waals surface area contributed by atoms with Crippen molar-refractivity contribution in [2.75, 3.05) is 23.4 Å². The van der Waals surface area contributed by atoms with Gasteiger partial charge in [0.1, 0.15) is 0 Å². The van der Waals surface area contributed by atoms with Crippen molar-refractivity contribution in [3.63, 3.8) is 0 Å². The van der Waals surface area contributed by atoms with E-state index in [0.717, 1.165) is 19.8 Å². The molecule has 17 heavy (non-hydrogen) atoms. The molecule has 6 heteroatoms. The average molecular weight is 333 g/mol. The van der Waals surface area contributed by atoms with Gasteiger partial charge in [-0.1, -0.05) is 34.2 Å². The van der Waals surface area contributed by atoms with E-state index in [1.54, 1.807) is 11.3 Å². The molecule has 2 aromatic rings. The van der Waals surface area contributed by atoms with Crippen LogP contribution in [-0.2, 0) is 10.8 Å². The van der Waals surface area contributed by atoms with E-state index in [2.05, 4.69) is 32.3 Å². The van der Waals surface area contributed by atoms with E-state index < -0.39 is 10.8 Å². The molecular weight excluding hydrogens is 320 g/mol. The summed E-state index contributed by atoms with van der Waals surface area (Å²) in [7, 11) is -0.715. The fraction of sp³-hybridized carbons (Fsp3) is 0.364. The van der Waals surface area contributed by atoms with E-state index in [1.807, 2.05) is 19.1 Å². The number of fused-ring (bicyclic) bond motifs is 1. The molecule has 0 aliphatic heterocycles. The lowest BCUT2D eigenvalue weighted by molar-refractivity contribution is 0.684. The molecule has 0 amide bonds. The predicted molar refractivity (Wildman–Crippen MR) is 79.4 cm³/mol. The summed E-state index contributed by atoms with van der Waals surface area (Å²) in [6.07, 6.45) is 0. The van der Waals surface area contributed by atoms with Crippen LogP contribution in [0.2, 0.25) is 0 Å². The van der Waals surface area contributed by atoms with Crippen LogP contribution in [0.25, 0.3) is 10.2 Å². The quantitative estimate of drug-likeness (QED) is 0.913. The summed E-state index contributed by atoms with van der Waals surface area (Å²) in [6, 6.07) is 6.03. The van der Waals surface area contributed by atoms with Gasteiger partial charge < -0.3 is 5.32 Å². The van der Waals surface area contributed by atoms with Crippen LogP contribution in [0, 0.1) is 0 Å². The van der Waals surface area contributed by atoms with Gasteiger partial charge >= 0.3 is 0 Å². The minimum atomic E-state index is -0.715. The van der Waals surface area contributed by atoms with Crippen molar-refractivity contribution >= 4 is 53.4 Å². The zero-order valence-corrected chi connectivity index (χ0v) is 12.6. The third kappa shape index (κ3) is 3.50. The number of rotatable bonds is 5. The monoisotopic (exact) mass is 332 g/mol.